The highest BCUT2D eigenvalue weighted by Crippen LogP contribution is 2.28. The Balaban J connectivity index is 1.91. The molecule has 2 aromatic carbocycles. The van der Waals surface area contributed by atoms with Crippen LogP contribution in [-0.2, 0) is 4.79 Å². The van der Waals surface area contributed by atoms with Crippen molar-refractivity contribution in [2.75, 3.05) is 31.4 Å². The van der Waals surface area contributed by atoms with Crippen molar-refractivity contribution in [1.82, 2.24) is 0 Å². The second-order valence-electron chi connectivity index (χ2n) is 5.67. The van der Waals surface area contributed by atoms with Gasteiger partial charge in [-0.15, -0.1) is 0 Å². The standard InChI is InChI=1S/C19H24N2O3/c1-13-9-14(2)11-15(10-13)20-8-7-19(22)21-17-12-16(23-3)5-6-18(17)24-4/h5-6,9-12,20H,7-8H2,1-4H3,(H,21,22). The third kappa shape index (κ3) is 4.91. The van der Waals surface area contributed by atoms with E-state index >= 15 is 0 Å². The van der Waals surface area contributed by atoms with Gasteiger partial charge in [0.25, 0.3) is 0 Å². The van der Waals surface area contributed by atoms with Crippen molar-refractivity contribution in [3.8, 4) is 11.5 Å². The Kier molecular flexibility index (Phi) is 6.07. The molecule has 2 N–H and O–H groups in total. The first kappa shape index (κ1) is 17.7. The van der Waals surface area contributed by atoms with E-state index in [0.29, 0.717) is 30.2 Å². The number of hydrogen-bond acceptors (Lipinski definition) is 4. The molecule has 0 unspecified atom stereocenters. The van der Waals surface area contributed by atoms with Crippen LogP contribution in [0, 0.1) is 13.8 Å². The van der Waals surface area contributed by atoms with Gasteiger partial charge in [-0.2, -0.15) is 0 Å². The first-order chi connectivity index (χ1) is 11.5. The minimum Gasteiger partial charge on any atom is -0.497 e. The van der Waals surface area contributed by atoms with Gasteiger partial charge in [-0.25, -0.2) is 0 Å². The van der Waals surface area contributed by atoms with Crippen LogP contribution in [0.1, 0.15) is 17.5 Å². The largest absolute Gasteiger partial charge is 0.497 e. The summed E-state index contributed by atoms with van der Waals surface area (Å²) in [5.74, 6) is 1.18. The Morgan fingerprint density at radius 3 is 2.33 bits per heavy atom. The highest BCUT2D eigenvalue weighted by Gasteiger charge is 2.09. The number of ether oxygens (including phenoxy) is 2. The van der Waals surface area contributed by atoms with Crippen LogP contribution in [0.4, 0.5) is 11.4 Å². The summed E-state index contributed by atoms with van der Waals surface area (Å²) in [4.78, 5) is 12.2. The normalized spacial score (nSPS) is 10.2. The molecule has 24 heavy (non-hydrogen) atoms. The maximum absolute atomic E-state index is 12.2. The summed E-state index contributed by atoms with van der Waals surface area (Å²) in [6.07, 6.45) is 0.355. The molecule has 0 aliphatic heterocycles. The molecule has 2 rings (SSSR count). The van der Waals surface area contributed by atoms with Crippen LogP contribution >= 0.6 is 0 Å². The molecule has 0 aromatic heterocycles. The molecule has 2 aromatic rings. The minimum absolute atomic E-state index is 0.0848. The number of aryl methyl sites for hydroxylation is 2. The summed E-state index contributed by atoms with van der Waals surface area (Å²) in [7, 11) is 3.15. The van der Waals surface area contributed by atoms with Gasteiger partial charge in [-0.3, -0.25) is 4.79 Å². The quantitative estimate of drug-likeness (QED) is 0.812. The maximum atomic E-state index is 12.2. The van der Waals surface area contributed by atoms with Crippen molar-refractivity contribution < 1.29 is 14.3 Å². The van der Waals surface area contributed by atoms with Gasteiger partial charge in [0.1, 0.15) is 11.5 Å². The molecule has 128 valence electrons. The Labute approximate surface area is 143 Å². The topological polar surface area (TPSA) is 59.6 Å². The Hall–Kier alpha value is -2.69. The molecule has 1 amide bonds. The summed E-state index contributed by atoms with van der Waals surface area (Å²) < 4.78 is 10.4. The molecule has 5 nitrogen and oxygen atoms in total. The van der Waals surface area contributed by atoms with E-state index < -0.39 is 0 Å². The van der Waals surface area contributed by atoms with Crippen molar-refractivity contribution in [2.45, 2.75) is 20.3 Å². The van der Waals surface area contributed by atoms with Gasteiger partial charge >= 0.3 is 0 Å². The molecule has 0 aliphatic carbocycles. The van der Waals surface area contributed by atoms with Crippen molar-refractivity contribution in [3.63, 3.8) is 0 Å². The number of carbonyl (C=O) groups is 1. The molecule has 0 spiro atoms. The second kappa shape index (κ2) is 8.24. The monoisotopic (exact) mass is 328 g/mol. The lowest BCUT2D eigenvalue weighted by Gasteiger charge is -2.12. The van der Waals surface area contributed by atoms with Crippen LogP contribution in [0.3, 0.4) is 0 Å². The zero-order valence-corrected chi connectivity index (χ0v) is 14.6. The van der Waals surface area contributed by atoms with E-state index in [1.807, 2.05) is 0 Å². The number of rotatable bonds is 7. The van der Waals surface area contributed by atoms with Crippen molar-refractivity contribution >= 4 is 17.3 Å². The van der Waals surface area contributed by atoms with Gasteiger partial charge in [0.2, 0.25) is 5.91 Å². The number of hydrogen-bond donors (Lipinski definition) is 2. The lowest BCUT2D eigenvalue weighted by atomic mass is 10.1. The third-order valence-corrected chi connectivity index (χ3v) is 3.58. The number of methoxy groups -OCH3 is 2. The molecule has 0 radical (unpaired) electrons. The van der Waals surface area contributed by atoms with E-state index in [1.54, 1.807) is 32.4 Å². The number of amides is 1. The fourth-order valence-electron chi connectivity index (χ4n) is 2.52. The molecular weight excluding hydrogens is 304 g/mol. The summed E-state index contributed by atoms with van der Waals surface area (Å²) in [6.45, 7) is 4.67. The maximum Gasteiger partial charge on any atom is 0.226 e. The molecule has 0 saturated heterocycles. The predicted molar refractivity (Wildman–Crippen MR) is 97.2 cm³/mol. The van der Waals surface area contributed by atoms with E-state index in [0.717, 1.165) is 5.69 Å². The van der Waals surface area contributed by atoms with E-state index in [9.17, 15) is 4.79 Å². The lowest BCUT2D eigenvalue weighted by molar-refractivity contribution is -0.115. The summed E-state index contributed by atoms with van der Waals surface area (Å²) >= 11 is 0. The van der Waals surface area contributed by atoms with Gasteiger partial charge in [-0.1, -0.05) is 6.07 Å². The fraction of sp³-hybridized carbons (Fsp3) is 0.316. The average Bonchev–Trinajstić information content (AvgIpc) is 2.53. The SMILES string of the molecule is COc1ccc(OC)c(NC(=O)CCNc2cc(C)cc(C)c2)c1. The summed E-state index contributed by atoms with van der Waals surface area (Å²) in [5, 5.41) is 6.14. The zero-order chi connectivity index (χ0) is 17.5. The molecule has 0 aliphatic rings. The molecule has 0 heterocycles. The van der Waals surface area contributed by atoms with E-state index in [-0.39, 0.29) is 5.91 Å². The molecule has 0 fully saturated rings. The van der Waals surface area contributed by atoms with E-state index in [1.165, 1.54) is 11.1 Å². The highest BCUT2D eigenvalue weighted by atomic mass is 16.5. The Bertz CT molecular complexity index is 694. The van der Waals surface area contributed by atoms with Crippen LogP contribution in [0.25, 0.3) is 0 Å². The predicted octanol–water partition coefficient (Wildman–Crippen LogP) is 3.76. The highest BCUT2D eigenvalue weighted by molar-refractivity contribution is 5.92. The molecule has 0 saturated carbocycles. The van der Waals surface area contributed by atoms with Gasteiger partial charge in [0.15, 0.2) is 0 Å². The average molecular weight is 328 g/mol. The number of nitrogens with one attached hydrogen (secondary N) is 2. The zero-order valence-electron chi connectivity index (χ0n) is 14.6. The van der Waals surface area contributed by atoms with Gasteiger partial charge in [0, 0.05) is 24.7 Å². The van der Waals surface area contributed by atoms with Crippen molar-refractivity contribution in [3.05, 3.63) is 47.5 Å². The van der Waals surface area contributed by atoms with E-state index in [2.05, 4.69) is 42.7 Å². The summed E-state index contributed by atoms with van der Waals surface area (Å²) in [5.41, 5.74) is 4.03. The van der Waals surface area contributed by atoms with Crippen LogP contribution < -0.4 is 20.1 Å². The smallest absolute Gasteiger partial charge is 0.226 e. The summed E-state index contributed by atoms with van der Waals surface area (Å²) in [6, 6.07) is 11.5. The molecule has 5 heteroatoms. The second-order valence-corrected chi connectivity index (χ2v) is 5.67. The van der Waals surface area contributed by atoms with Crippen LogP contribution in [0.5, 0.6) is 11.5 Å². The van der Waals surface area contributed by atoms with E-state index in [4.69, 9.17) is 9.47 Å². The van der Waals surface area contributed by atoms with Crippen LogP contribution in [0.2, 0.25) is 0 Å². The van der Waals surface area contributed by atoms with Crippen LogP contribution in [0.15, 0.2) is 36.4 Å². The molecule has 0 atom stereocenters. The van der Waals surface area contributed by atoms with Gasteiger partial charge in [-0.05, 0) is 49.2 Å². The Morgan fingerprint density at radius 2 is 1.71 bits per heavy atom. The van der Waals surface area contributed by atoms with Crippen molar-refractivity contribution in [2.24, 2.45) is 0 Å². The molecule has 0 bridgehead atoms. The number of benzene rings is 2. The van der Waals surface area contributed by atoms with Crippen molar-refractivity contribution in [1.29, 1.82) is 0 Å². The fourth-order valence-corrected chi connectivity index (χ4v) is 2.52. The third-order valence-electron chi connectivity index (χ3n) is 3.58. The van der Waals surface area contributed by atoms with Crippen LogP contribution in [-0.4, -0.2) is 26.7 Å². The number of anilines is 2. The van der Waals surface area contributed by atoms with Gasteiger partial charge in [0.05, 0.1) is 19.9 Å². The minimum atomic E-state index is -0.0848. The first-order valence-electron chi connectivity index (χ1n) is 7.86. The van der Waals surface area contributed by atoms with Gasteiger partial charge < -0.3 is 20.1 Å². The lowest BCUT2D eigenvalue weighted by Crippen LogP contribution is -2.16. The Morgan fingerprint density at radius 1 is 1.00 bits per heavy atom. The number of carbonyl (C=O) groups excluding carboxylic acids is 1. The molecular formula is C19H24N2O3. The first-order valence-corrected chi connectivity index (χ1v) is 7.86.